The van der Waals surface area contributed by atoms with Gasteiger partial charge in [0, 0.05) is 21.4 Å². The zero-order valence-electron chi connectivity index (χ0n) is 13.3. The van der Waals surface area contributed by atoms with Crippen LogP contribution in [-0.4, -0.2) is 20.1 Å². The number of sulfonamides is 1. The normalized spacial score (nSPS) is 11.1. The van der Waals surface area contributed by atoms with Gasteiger partial charge in [-0.15, -0.1) is 0 Å². The van der Waals surface area contributed by atoms with Gasteiger partial charge in [-0.25, -0.2) is 8.42 Å². The smallest absolute Gasteiger partial charge is 0.255 e. The molecule has 0 aliphatic carbocycles. The number of rotatable bonds is 7. The maximum Gasteiger partial charge on any atom is 0.255 e. The Morgan fingerprint density at radius 3 is 2.17 bits per heavy atom. The van der Waals surface area contributed by atoms with E-state index in [-0.39, 0.29) is 11.7 Å². The predicted molar refractivity (Wildman–Crippen MR) is 101 cm³/mol. The monoisotopic (exact) mass is 410 g/mol. The summed E-state index contributed by atoms with van der Waals surface area (Å²) in [5.41, 5.74) is 1.59. The van der Waals surface area contributed by atoms with Crippen molar-refractivity contribution in [3.05, 3.63) is 58.6 Å². The first kappa shape index (κ1) is 18.5. The van der Waals surface area contributed by atoms with Crippen LogP contribution < -0.4 is 10.0 Å². The molecule has 0 saturated carbocycles. The summed E-state index contributed by atoms with van der Waals surface area (Å²) in [5.74, 6) is -0.160. The van der Waals surface area contributed by atoms with E-state index in [1.54, 1.807) is 36.4 Å². The van der Waals surface area contributed by atoms with Crippen molar-refractivity contribution < 1.29 is 13.2 Å². The second-order valence-corrected chi connectivity index (χ2v) is 8.07. The average Bonchev–Trinajstić information content (AvgIpc) is 2.55. The molecule has 0 unspecified atom stereocenters. The maximum absolute atomic E-state index is 12.2. The molecule has 0 fully saturated rings. The summed E-state index contributed by atoms with van der Waals surface area (Å²) in [6.45, 7) is 1.94. The van der Waals surface area contributed by atoms with Crippen molar-refractivity contribution in [1.82, 2.24) is 0 Å². The Labute approximate surface area is 150 Å². The molecule has 0 radical (unpaired) electrons. The van der Waals surface area contributed by atoms with Crippen LogP contribution in [0.4, 0.5) is 11.4 Å². The van der Waals surface area contributed by atoms with Crippen molar-refractivity contribution in [3.8, 4) is 0 Å². The van der Waals surface area contributed by atoms with E-state index in [9.17, 15) is 13.2 Å². The van der Waals surface area contributed by atoms with Crippen molar-refractivity contribution >= 4 is 43.2 Å². The molecule has 0 saturated heterocycles. The van der Waals surface area contributed by atoms with Gasteiger partial charge in [0.05, 0.1) is 5.75 Å². The van der Waals surface area contributed by atoms with Gasteiger partial charge < -0.3 is 5.32 Å². The Hall–Kier alpha value is -1.86. The summed E-state index contributed by atoms with van der Waals surface area (Å²) in [7, 11) is -3.34. The van der Waals surface area contributed by atoms with Crippen LogP contribution in [0.2, 0.25) is 0 Å². The molecule has 2 N–H and O–H groups in total. The van der Waals surface area contributed by atoms with Crippen molar-refractivity contribution in [2.24, 2.45) is 0 Å². The Bertz CT molecular complexity index is 788. The first-order chi connectivity index (χ1) is 11.4. The van der Waals surface area contributed by atoms with Gasteiger partial charge in [-0.3, -0.25) is 9.52 Å². The quantitative estimate of drug-likeness (QED) is 0.716. The lowest BCUT2D eigenvalue weighted by Gasteiger charge is -2.09. The number of unbranched alkanes of at least 4 members (excludes halogenated alkanes) is 1. The first-order valence-electron chi connectivity index (χ1n) is 7.57. The minimum atomic E-state index is -3.34. The van der Waals surface area contributed by atoms with Gasteiger partial charge in [0.15, 0.2) is 0 Å². The molecule has 24 heavy (non-hydrogen) atoms. The lowest BCUT2D eigenvalue weighted by molar-refractivity contribution is 0.102. The number of hydrogen-bond acceptors (Lipinski definition) is 3. The van der Waals surface area contributed by atoms with E-state index in [1.807, 2.05) is 19.1 Å². The van der Waals surface area contributed by atoms with Crippen LogP contribution >= 0.6 is 15.9 Å². The number of carbonyl (C=O) groups excluding carboxylic acids is 1. The molecule has 0 atom stereocenters. The molecule has 0 spiro atoms. The van der Waals surface area contributed by atoms with Gasteiger partial charge in [-0.05, 0) is 55.0 Å². The van der Waals surface area contributed by atoms with Gasteiger partial charge >= 0.3 is 0 Å². The average molecular weight is 411 g/mol. The minimum Gasteiger partial charge on any atom is -0.322 e. The summed E-state index contributed by atoms with van der Waals surface area (Å²) in [5, 5.41) is 2.78. The molecule has 1 amide bonds. The highest BCUT2D eigenvalue weighted by Gasteiger charge is 2.11. The topological polar surface area (TPSA) is 75.3 Å². The highest BCUT2D eigenvalue weighted by atomic mass is 79.9. The highest BCUT2D eigenvalue weighted by Crippen LogP contribution is 2.16. The molecule has 2 rings (SSSR count). The fourth-order valence-electron chi connectivity index (χ4n) is 1.99. The Morgan fingerprint density at radius 1 is 1.00 bits per heavy atom. The van der Waals surface area contributed by atoms with E-state index in [2.05, 4.69) is 26.0 Å². The minimum absolute atomic E-state index is 0.0926. The number of carbonyl (C=O) groups is 1. The molecule has 0 heterocycles. The summed E-state index contributed by atoms with van der Waals surface area (Å²) >= 11 is 3.34. The van der Waals surface area contributed by atoms with E-state index < -0.39 is 10.0 Å². The fraction of sp³-hybridized carbons (Fsp3) is 0.235. The second kappa shape index (κ2) is 8.30. The lowest BCUT2D eigenvalue weighted by Crippen LogP contribution is -2.17. The third kappa shape index (κ3) is 5.65. The molecule has 0 bridgehead atoms. The van der Waals surface area contributed by atoms with E-state index in [4.69, 9.17) is 0 Å². The molecular weight excluding hydrogens is 392 g/mol. The number of amides is 1. The molecule has 0 aromatic heterocycles. The zero-order chi connectivity index (χ0) is 17.6. The molecule has 7 heteroatoms. The van der Waals surface area contributed by atoms with Crippen LogP contribution in [0, 0.1) is 0 Å². The van der Waals surface area contributed by atoms with Crippen LogP contribution in [0.5, 0.6) is 0 Å². The van der Waals surface area contributed by atoms with Crippen LogP contribution in [-0.2, 0) is 10.0 Å². The third-order valence-electron chi connectivity index (χ3n) is 3.29. The molecule has 0 aliphatic rings. The van der Waals surface area contributed by atoms with E-state index in [0.717, 1.165) is 10.9 Å². The van der Waals surface area contributed by atoms with Gasteiger partial charge in [0.25, 0.3) is 5.91 Å². The number of anilines is 2. The Morgan fingerprint density at radius 2 is 1.58 bits per heavy atom. The standard InChI is InChI=1S/C17H19BrN2O3S/c1-2-3-12-24(22,23)20-16-8-4-13(5-9-16)17(21)19-15-10-6-14(18)7-11-15/h4-11,20H,2-3,12H2,1H3,(H,19,21). The molecule has 2 aromatic rings. The number of nitrogens with one attached hydrogen (secondary N) is 2. The number of benzene rings is 2. The maximum atomic E-state index is 12.2. The van der Waals surface area contributed by atoms with E-state index in [0.29, 0.717) is 23.4 Å². The second-order valence-electron chi connectivity index (χ2n) is 5.31. The van der Waals surface area contributed by atoms with Crippen LogP contribution in [0.25, 0.3) is 0 Å². The van der Waals surface area contributed by atoms with Crippen molar-refractivity contribution in [3.63, 3.8) is 0 Å². The SMILES string of the molecule is CCCCS(=O)(=O)Nc1ccc(C(=O)Nc2ccc(Br)cc2)cc1. The van der Waals surface area contributed by atoms with Gasteiger partial charge in [0.2, 0.25) is 10.0 Å². The number of halogens is 1. The molecule has 128 valence electrons. The molecule has 2 aromatic carbocycles. The van der Waals surface area contributed by atoms with Crippen molar-refractivity contribution in [1.29, 1.82) is 0 Å². The molecule has 0 aliphatic heterocycles. The molecular formula is C17H19BrN2O3S. The lowest BCUT2D eigenvalue weighted by atomic mass is 10.2. The van der Waals surface area contributed by atoms with Crippen molar-refractivity contribution in [2.45, 2.75) is 19.8 Å². The summed E-state index contributed by atoms with van der Waals surface area (Å²) in [6.07, 6.45) is 1.43. The van der Waals surface area contributed by atoms with Crippen LogP contribution in [0.3, 0.4) is 0 Å². The molecule has 5 nitrogen and oxygen atoms in total. The fourth-order valence-corrected chi connectivity index (χ4v) is 3.52. The van der Waals surface area contributed by atoms with Crippen molar-refractivity contribution in [2.75, 3.05) is 15.8 Å². The Kier molecular flexibility index (Phi) is 6.39. The highest BCUT2D eigenvalue weighted by molar-refractivity contribution is 9.10. The van der Waals surface area contributed by atoms with Crippen LogP contribution in [0.1, 0.15) is 30.1 Å². The summed E-state index contributed by atoms with van der Waals surface area (Å²) < 4.78 is 27.1. The van der Waals surface area contributed by atoms with Crippen LogP contribution in [0.15, 0.2) is 53.0 Å². The summed E-state index contributed by atoms with van der Waals surface area (Å²) in [6, 6.07) is 13.6. The number of hydrogen-bond donors (Lipinski definition) is 2. The summed E-state index contributed by atoms with van der Waals surface area (Å²) in [4.78, 5) is 12.2. The predicted octanol–water partition coefficient (Wildman–Crippen LogP) is 4.24. The van der Waals surface area contributed by atoms with Gasteiger partial charge in [-0.2, -0.15) is 0 Å². The van der Waals surface area contributed by atoms with E-state index >= 15 is 0 Å². The first-order valence-corrected chi connectivity index (χ1v) is 10.0. The largest absolute Gasteiger partial charge is 0.322 e. The zero-order valence-corrected chi connectivity index (χ0v) is 15.7. The van der Waals surface area contributed by atoms with E-state index in [1.165, 1.54) is 0 Å². The Balaban J connectivity index is 2.00. The third-order valence-corrected chi connectivity index (χ3v) is 5.19. The van der Waals surface area contributed by atoms with Gasteiger partial charge in [0.1, 0.15) is 0 Å². The van der Waals surface area contributed by atoms with Gasteiger partial charge in [-0.1, -0.05) is 29.3 Å².